The quantitative estimate of drug-likeness (QED) is 0.185. The molecule has 2 heteroatoms. The van der Waals surface area contributed by atoms with Crippen molar-refractivity contribution < 1.29 is 4.42 Å². The number of rotatable bonds is 2. The highest BCUT2D eigenvalue weighted by Gasteiger charge is 2.22. The van der Waals surface area contributed by atoms with Gasteiger partial charge in [-0.25, -0.2) is 0 Å². The Bertz CT molecular complexity index is 2890. The maximum absolute atomic E-state index is 6.36. The molecule has 0 aliphatic rings. The number of furan rings is 1. The first-order valence-corrected chi connectivity index (χ1v) is 15.9. The van der Waals surface area contributed by atoms with Crippen LogP contribution in [0.5, 0.6) is 0 Å². The van der Waals surface area contributed by atoms with Gasteiger partial charge in [-0.05, 0) is 86.3 Å². The van der Waals surface area contributed by atoms with Crippen LogP contribution in [-0.2, 0) is 0 Å². The van der Waals surface area contributed by atoms with Gasteiger partial charge in [-0.2, -0.15) is 0 Å². The van der Waals surface area contributed by atoms with Gasteiger partial charge in [0.1, 0.15) is 11.2 Å². The standard InChI is InChI=1S/C44H25NO/c1-3-16-34-32(14-1)42(26-21-22-31-30-13-7-10-20-40(30)46-41(31)25-26)33-15-2-4-17-35(33)43(34)27-23-36-28-11-5-8-18-38(28)45-39-19-9-6-12-29(39)37(24-27)44(36)45/h1-25H. The Morgan fingerprint density at radius 1 is 0.326 bits per heavy atom. The topological polar surface area (TPSA) is 17.6 Å². The average Bonchev–Trinajstić information content (AvgIpc) is 3.76. The van der Waals surface area contributed by atoms with E-state index >= 15 is 0 Å². The summed E-state index contributed by atoms with van der Waals surface area (Å²) in [6.07, 6.45) is 0. The Kier molecular flexibility index (Phi) is 4.61. The lowest BCUT2D eigenvalue weighted by atomic mass is 9.85. The Morgan fingerprint density at radius 2 is 0.783 bits per heavy atom. The molecule has 0 unspecified atom stereocenters. The molecule has 0 aliphatic carbocycles. The fraction of sp³-hybridized carbons (Fsp3) is 0. The third kappa shape index (κ3) is 3.05. The monoisotopic (exact) mass is 583 g/mol. The van der Waals surface area contributed by atoms with Gasteiger partial charge < -0.3 is 8.82 Å². The summed E-state index contributed by atoms with van der Waals surface area (Å²) in [7, 11) is 0. The maximum Gasteiger partial charge on any atom is 0.136 e. The predicted octanol–water partition coefficient (Wildman–Crippen LogP) is 12.4. The molecule has 0 N–H and O–H groups in total. The molecule has 0 radical (unpaired) electrons. The van der Waals surface area contributed by atoms with E-state index in [1.807, 2.05) is 12.1 Å². The lowest BCUT2D eigenvalue weighted by Crippen LogP contribution is -1.91. The van der Waals surface area contributed by atoms with Crippen molar-refractivity contribution >= 4 is 81.6 Å². The van der Waals surface area contributed by atoms with E-state index in [0.29, 0.717) is 0 Å². The van der Waals surface area contributed by atoms with Crippen LogP contribution >= 0.6 is 0 Å². The van der Waals surface area contributed by atoms with E-state index < -0.39 is 0 Å². The van der Waals surface area contributed by atoms with E-state index in [4.69, 9.17) is 4.42 Å². The van der Waals surface area contributed by atoms with Crippen molar-refractivity contribution in [1.29, 1.82) is 0 Å². The molecule has 0 atom stereocenters. The first kappa shape index (κ1) is 24.2. The lowest BCUT2D eigenvalue weighted by Gasteiger charge is -2.18. The van der Waals surface area contributed by atoms with E-state index in [2.05, 4.69) is 144 Å². The van der Waals surface area contributed by atoms with Gasteiger partial charge >= 0.3 is 0 Å². The molecule has 0 saturated heterocycles. The van der Waals surface area contributed by atoms with Crippen molar-refractivity contribution in [3.63, 3.8) is 0 Å². The second-order valence-electron chi connectivity index (χ2n) is 12.4. The van der Waals surface area contributed by atoms with Gasteiger partial charge in [0.05, 0.1) is 16.6 Å². The molecule has 0 spiro atoms. The van der Waals surface area contributed by atoms with Crippen molar-refractivity contribution in [3.8, 4) is 22.3 Å². The number of fused-ring (bicyclic) bond motifs is 11. The zero-order chi connectivity index (χ0) is 29.9. The second kappa shape index (κ2) is 8.74. The molecule has 46 heavy (non-hydrogen) atoms. The highest BCUT2D eigenvalue weighted by Crippen LogP contribution is 2.47. The van der Waals surface area contributed by atoms with Gasteiger partial charge in [0.2, 0.25) is 0 Å². The summed E-state index contributed by atoms with van der Waals surface area (Å²) in [6.45, 7) is 0. The number of nitrogens with zero attached hydrogens (tertiary/aromatic N) is 1. The summed E-state index contributed by atoms with van der Waals surface area (Å²) in [5, 5.41) is 12.5. The molecule has 11 aromatic rings. The molecule has 3 aromatic heterocycles. The van der Waals surface area contributed by atoms with Crippen LogP contribution in [0.2, 0.25) is 0 Å². The summed E-state index contributed by atoms with van der Waals surface area (Å²) >= 11 is 0. The molecule has 3 heterocycles. The maximum atomic E-state index is 6.36. The molecular weight excluding hydrogens is 558 g/mol. The van der Waals surface area contributed by atoms with Crippen molar-refractivity contribution in [2.24, 2.45) is 0 Å². The first-order valence-electron chi connectivity index (χ1n) is 15.9. The molecule has 212 valence electrons. The fourth-order valence-corrected chi connectivity index (χ4v) is 8.23. The minimum Gasteiger partial charge on any atom is -0.456 e. The Balaban J connectivity index is 1.27. The number of para-hydroxylation sites is 3. The van der Waals surface area contributed by atoms with Crippen molar-refractivity contribution in [2.75, 3.05) is 0 Å². The number of hydrogen-bond donors (Lipinski definition) is 0. The average molecular weight is 584 g/mol. The van der Waals surface area contributed by atoms with Gasteiger partial charge in [0.25, 0.3) is 0 Å². The SMILES string of the molecule is c1ccc2c(c1)oc1cc(-c3c4ccccc4c(-c4cc5c6ccccc6n6c7ccccc7c(c4)c56)c4ccccc34)ccc12. The summed E-state index contributed by atoms with van der Waals surface area (Å²) in [4.78, 5) is 0. The molecule has 0 saturated carbocycles. The summed E-state index contributed by atoms with van der Waals surface area (Å²) in [5.41, 5.74) is 10.6. The van der Waals surface area contributed by atoms with Crippen molar-refractivity contribution in [2.45, 2.75) is 0 Å². The number of benzene rings is 8. The molecule has 8 aromatic carbocycles. The van der Waals surface area contributed by atoms with Crippen molar-refractivity contribution in [1.82, 2.24) is 4.40 Å². The zero-order valence-corrected chi connectivity index (χ0v) is 24.8. The molecular formula is C44H25NO. The fourth-order valence-electron chi connectivity index (χ4n) is 8.23. The minimum atomic E-state index is 0.916. The molecule has 11 rings (SSSR count). The largest absolute Gasteiger partial charge is 0.456 e. The molecule has 0 fully saturated rings. The van der Waals surface area contributed by atoms with E-state index in [9.17, 15) is 0 Å². The second-order valence-corrected chi connectivity index (χ2v) is 12.4. The number of aromatic nitrogens is 1. The third-order valence-electron chi connectivity index (χ3n) is 10.1. The highest BCUT2D eigenvalue weighted by atomic mass is 16.3. The normalized spacial score (nSPS) is 12.3. The smallest absolute Gasteiger partial charge is 0.136 e. The van der Waals surface area contributed by atoms with Crippen LogP contribution < -0.4 is 0 Å². The summed E-state index contributed by atoms with van der Waals surface area (Å²) < 4.78 is 8.81. The van der Waals surface area contributed by atoms with Crippen LogP contribution in [0.1, 0.15) is 0 Å². The number of hydrogen-bond acceptors (Lipinski definition) is 1. The van der Waals surface area contributed by atoms with E-state index in [1.54, 1.807) is 0 Å². The third-order valence-corrected chi connectivity index (χ3v) is 10.1. The van der Waals surface area contributed by atoms with Crippen LogP contribution in [0.25, 0.3) is 104 Å². The molecule has 0 aliphatic heterocycles. The summed E-state index contributed by atoms with van der Waals surface area (Å²) in [6, 6.07) is 55.3. The molecule has 0 bridgehead atoms. The first-order chi connectivity index (χ1) is 22.8. The van der Waals surface area contributed by atoms with Gasteiger partial charge in [-0.15, -0.1) is 0 Å². The molecule has 0 amide bonds. The van der Waals surface area contributed by atoms with Crippen LogP contribution in [0.4, 0.5) is 0 Å². The Labute approximate surface area is 263 Å². The van der Waals surface area contributed by atoms with Gasteiger partial charge in [-0.1, -0.05) is 109 Å². The predicted molar refractivity (Wildman–Crippen MR) is 194 cm³/mol. The van der Waals surface area contributed by atoms with Crippen LogP contribution in [0.3, 0.4) is 0 Å². The van der Waals surface area contributed by atoms with E-state index in [-0.39, 0.29) is 0 Å². The Hall–Kier alpha value is -6.12. The Morgan fingerprint density at radius 3 is 1.37 bits per heavy atom. The van der Waals surface area contributed by atoms with Gasteiger partial charge in [0, 0.05) is 32.3 Å². The van der Waals surface area contributed by atoms with Crippen LogP contribution in [0.15, 0.2) is 156 Å². The molecule has 2 nitrogen and oxygen atoms in total. The zero-order valence-electron chi connectivity index (χ0n) is 24.8. The minimum absolute atomic E-state index is 0.916. The van der Waals surface area contributed by atoms with E-state index in [1.165, 1.54) is 76.3 Å². The van der Waals surface area contributed by atoms with Crippen molar-refractivity contribution in [3.05, 3.63) is 152 Å². The van der Waals surface area contributed by atoms with Crippen LogP contribution in [0, 0.1) is 0 Å². The summed E-state index contributed by atoms with van der Waals surface area (Å²) in [5.74, 6) is 0. The highest BCUT2D eigenvalue weighted by molar-refractivity contribution is 6.27. The van der Waals surface area contributed by atoms with Crippen LogP contribution in [-0.4, -0.2) is 4.40 Å². The van der Waals surface area contributed by atoms with Gasteiger partial charge in [0.15, 0.2) is 0 Å². The van der Waals surface area contributed by atoms with E-state index in [0.717, 1.165) is 27.5 Å². The van der Waals surface area contributed by atoms with Gasteiger partial charge in [-0.3, -0.25) is 0 Å². The lowest BCUT2D eigenvalue weighted by molar-refractivity contribution is 0.669.